The summed E-state index contributed by atoms with van der Waals surface area (Å²) in [7, 11) is -3.24. The van der Waals surface area contributed by atoms with Gasteiger partial charge < -0.3 is 14.6 Å². The Morgan fingerprint density at radius 1 is 1.04 bits per heavy atom. The molecular formula is C18H24N4O4S. The lowest BCUT2D eigenvalue weighted by Crippen LogP contribution is -2.47. The van der Waals surface area contributed by atoms with E-state index in [1.807, 2.05) is 30.3 Å². The first-order chi connectivity index (χ1) is 13.1. The Hall–Kier alpha value is -1.97. The van der Waals surface area contributed by atoms with Crippen LogP contribution in [0.15, 0.2) is 34.9 Å². The predicted molar refractivity (Wildman–Crippen MR) is 101 cm³/mol. The van der Waals surface area contributed by atoms with Crippen LogP contribution < -0.4 is 5.32 Å². The molecule has 2 fully saturated rings. The van der Waals surface area contributed by atoms with Gasteiger partial charge in [-0.2, -0.15) is 4.98 Å². The standard InChI is InChI=1S/C18H24N4O4S/c23-27(24,16-8-12-25-13-9-16)22-10-6-15(7-11-22)19-18-20-17(26-21-18)14-4-2-1-3-5-14/h1-5,15-16H,6-13H2,(H,19,21). The average molecular weight is 392 g/mol. The van der Waals surface area contributed by atoms with E-state index >= 15 is 0 Å². The van der Waals surface area contributed by atoms with Crippen molar-refractivity contribution < 1.29 is 17.7 Å². The molecule has 0 spiro atoms. The van der Waals surface area contributed by atoms with Gasteiger partial charge in [-0.05, 0) is 43.0 Å². The van der Waals surface area contributed by atoms with Crippen LogP contribution in [0.25, 0.3) is 11.5 Å². The molecular weight excluding hydrogens is 368 g/mol. The number of nitrogens with one attached hydrogen (secondary N) is 1. The molecule has 0 aliphatic carbocycles. The number of rotatable bonds is 5. The molecule has 0 unspecified atom stereocenters. The molecule has 0 atom stereocenters. The van der Waals surface area contributed by atoms with Crippen LogP contribution in [0.4, 0.5) is 5.95 Å². The van der Waals surface area contributed by atoms with Crippen molar-refractivity contribution in [3.05, 3.63) is 30.3 Å². The van der Waals surface area contributed by atoms with E-state index in [2.05, 4.69) is 15.5 Å². The van der Waals surface area contributed by atoms with Crippen molar-refractivity contribution in [3.63, 3.8) is 0 Å². The second-order valence-corrected chi connectivity index (χ2v) is 9.18. The third kappa shape index (κ3) is 4.15. The summed E-state index contributed by atoms with van der Waals surface area (Å²) in [5.74, 6) is 0.914. The SMILES string of the molecule is O=S(=O)(C1CCOCC1)N1CCC(Nc2noc(-c3ccccc3)n2)CC1. The Labute approximate surface area is 158 Å². The van der Waals surface area contributed by atoms with E-state index in [0.717, 1.165) is 18.4 Å². The first kappa shape index (κ1) is 18.4. The molecule has 146 valence electrons. The zero-order valence-corrected chi connectivity index (χ0v) is 15.9. The Balaban J connectivity index is 1.33. The molecule has 1 N–H and O–H groups in total. The van der Waals surface area contributed by atoms with E-state index < -0.39 is 10.0 Å². The molecule has 4 rings (SSSR count). The molecule has 0 radical (unpaired) electrons. The van der Waals surface area contributed by atoms with Gasteiger partial charge in [0.15, 0.2) is 0 Å². The fourth-order valence-corrected chi connectivity index (χ4v) is 5.53. The van der Waals surface area contributed by atoms with Crippen LogP contribution in [-0.4, -0.2) is 60.5 Å². The van der Waals surface area contributed by atoms with Gasteiger partial charge in [0.2, 0.25) is 10.0 Å². The van der Waals surface area contributed by atoms with E-state index in [1.165, 1.54) is 0 Å². The topological polar surface area (TPSA) is 97.6 Å². The van der Waals surface area contributed by atoms with Gasteiger partial charge in [0.05, 0.1) is 5.25 Å². The van der Waals surface area contributed by atoms with Crippen molar-refractivity contribution in [1.82, 2.24) is 14.4 Å². The fourth-order valence-electron chi connectivity index (χ4n) is 3.60. The summed E-state index contributed by atoms with van der Waals surface area (Å²) in [6, 6.07) is 9.73. The summed E-state index contributed by atoms with van der Waals surface area (Å²) >= 11 is 0. The summed E-state index contributed by atoms with van der Waals surface area (Å²) < 4.78 is 37.8. The molecule has 27 heavy (non-hydrogen) atoms. The third-order valence-corrected chi connectivity index (χ3v) is 7.58. The monoisotopic (exact) mass is 392 g/mol. The zero-order chi connectivity index (χ0) is 18.7. The predicted octanol–water partition coefficient (Wildman–Crippen LogP) is 2.12. The minimum Gasteiger partial charge on any atom is -0.381 e. The fraction of sp³-hybridized carbons (Fsp3) is 0.556. The van der Waals surface area contributed by atoms with E-state index in [0.29, 0.717) is 51.0 Å². The van der Waals surface area contributed by atoms with Gasteiger partial charge in [-0.15, -0.1) is 0 Å². The first-order valence-corrected chi connectivity index (χ1v) is 10.9. The lowest BCUT2D eigenvalue weighted by atomic mass is 10.1. The number of piperidine rings is 1. The highest BCUT2D eigenvalue weighted by Crippen LogP contribution is 2.25. The molecule has 0 saturated carbocycles. The number of aromatic nitrogens is 2. The summed E-state index contributed by atoms with van der Waals surface area (Å²) in [4.78, 5) is 4.38. The molecule has 1 aromatic heterocycles. The highest BCUT2D eigenvalue weighted by Gasteiger charge is 2.35. The van der Waals surface area contributed by atoms with Crippen molar-refractivity contribution in [2.75, 3.05) is 31.6 Å². The number of anilines is 1. The van der Waals surface area contributed by atoms with Crippen LogP contribution in [0.3, 0.4) is 0 Å². The van der Waals surface area contributed by atoms with Crippen LogP contribution >= 0.6 is 0 Å². The quantitative estimate of drug-likeness (QED) is 0.832. The molecule has 3 heterocycles. The Kier molecular flexibility index (Phi) is 5.42. The molecule has 0 bridgehead atoms. The smallest absolute Gasteiger partial charge is 0.263 e. The summed E-state index contributed by atoms with van der Waals surface area (Å²) in [6.45, 7) is 2.09. The minimum atomic E-state index is -3.24. The van der Waals surface area contributed by atoms with Gasteiger partial charge >= 0.3 is 0 Å². The number of sulfonamides is 1. The van der Waals surface area contributed by atoms with Crippen LogP contribution in [0.5, 0.6) is 0 Å². The van der Waals surface area contributed by atoms with Gasteiger partial charge in [-0.1, -0.05) is 18.2 Å². The molecule has 9 heteroatoms. The Morgan fingerprint density at radius 2 is 1.74 bits per heavy atom. The van der Waals surface area contributed by atoms with Crippen molar-refractivity contribution >= 4 is 16.0 Å². The highest BCUT2D eigenvalue weighted by molar-refractivity contribution is 7.89. The maximum atomic E-state index is 12.8. The van der Waals surface area contributed by atoms with Crippen LogP contribution in [0.2, 0.25) is 0 Å². The lowest BCUT2D eigenvalue weighted by molar-refractivity contribution is 0.0969. The summed E-state index contributed by atoms with van der Waals surface area (Å²) in [5.41, 5.74) is 0.871. The highest BCUT2D eigenvalue weighted by atomic mass is 32.2. The molecule has 8 nitrogen and oxygen atoms in total. The average Bonchev–Trinajstić information content (AvgIpc) is 3.18. The van der Waals surface area contributed by atoms with Gasteiger partial charge in [0, 0.05) is 37.9 Å². The largest absolute Gasteiger partial charge is 0.381 e. The number of nitrogens with zero attached hydrogens (tertiary/aromatic N) is 3. The van der Waals surface area contributed by atoms with E-state index in [9.17, 15) is 8.42 Å². The third-order valence-electron chi connectivity index (χ3n) is 5.18. The van der Waals surface area contributed by atoms with Crippen molar-refractivity contribution in [1.29, 1.82) is 0 Å². The minimum absolute atomic E-state index is 0.132. The Bertz CT molecular complexity index is 841. The summed E-state index contributed by atoms with van der Waals surface area (Å²) in [5, 5.41) is 6.95. The van der Waals surface area contributed by atoms with E-state index in [1.54, 1.807) is 4.31 Å². The van der Waals surface area contributed by atoms with E-state index in [4.69, 9.17) is 9.26 Å². The van der Waals surface area contributed by atoms with E-state index in [-0.39, 0.29) is 11.3 Å². The number of hydrogen-bond donors (Lipinski definition) is 1. The number of ether oxygens (including phenoxy) is 1. The van der Waals surface area contributed by atoms with Crippen molar-refractivity contribution in [3.8, 4) is 11.5 Å². The van der Waals surface area contributed by atoms with Crippen molar-refractivity contribution in [2.24, 2.45) is 0 Å². The normalized spacial score (nSPS) is 20.6. The van der Waals surface area contributed by atoms with Gasteiger partial charge in [0.25, 0.3) is 11.8 Å². The van der Waals surface area contributed by atoms with Gasteiger partial charge in [-0.25, -0.2) is 12.7 Å². The van der Waals surface area contributed by atoms with Gasteiger partial charge in [-0.3, -0.25) is 0 Å². The second-order valence-electron chi connectivity index (χ2n) is 6.96. The Morgan fingerprint density at radius 3 is 2.44 bits per heavy atom. The maximum absolute atomic E-state index is 12.8. The summed E-state index contributed by atoms with van der Waals surface area (Å²) in [6.07, 6.45) is 2.62. The number of benzene rings is 1. The first-order valence-electron chi connectivity index (χ1n) is 9.35. The van der Waals surface area contributed by atoms with Crippen LogP contribution in [0, 0.1) is 0 Å². The molecule has 2 aliphatic rings. The molecule has 2 aromatic rings. The van der Waals surface area contributed by atoms with Gasteiger partial charge in [0.1, 0.15) is 0 Å². The lowest BCUT2D eigenvalue weighted by Gasteiger charge is -2.34. The van der Waals surface area contributed by atoms with Crippen LogP contribution in [0.1, 0.15) is 25.7 Å². The molecule has 2 aliphatic heterocycles. The van der Waals surface area contributed by atoms with Crippen molar-refractivity contribution in [2.45, 2.75) is 37.0 Å². The van der Waals surface area contributed by atoms with Crippen LogP contribution in [-0.2, 0) is 14.8 Å². The zero-order valence-electron chi connectivity index (χ0n) is 15.1. The molecule has 1 aromatic carbocycles. The number of hydrogen-bond acceptors (Lipinski definition) is 7. The maximum Gasteiger partial charge on any atom is 0.263 e. The second kappa shape index (κ2) is 7.95. The molecule has 0 amide bonds. The molecule has 2 saturated heterocycles.